The maximum Gasteiger partial charge on any atom is 1.00 e. The van der Waals surface area contributed by atoms with Crippen molar-refractivity contribution in [1.82, 2.24) is 9.55 Å². The van der Waals surface area contributed by atoms with E-state index in [0.29, 0.717) is 0 Å². The second kappa shape index (κ2) is 15.7. The van der Waals surface area contributed by atoms with E-state index in [9.17, 15) is 48.0 Å². The SMILES string of the molecule is CO[C@H]1C(O)[C@@H](COP(=O)([O-])OP(=O)([O-])OP(=O)([O-])[O-])O[C@H]1n1ccc(=O)[nH]c1=O.[Li+].[Li+].[Li+].[Li+]. The molecular weight excluding hydrogens is 509 g/mol. The summed E-state index contributed by atoms with van der Waals surface area (Å²) in [7, 11) is -17.0. The minimum atomic E-state index is -6.15. The second-order valence-corrected chi connectivity index (χ2v) is 9.82. The van der Waals surface area contributed by atoms with Gasteiger partial charge in [0.25, 0.3) is 21.2 Å². The average molecular weight is 522 g/mol. The molecule has 6 atom stereocenters. The molecule has 172 valence electrons. The van der Waals surface area contributed by atoms with Crippen molar-refractivity contribution in [2.45, 2.75) is 24.5 Å². The van der Waals surface area contributed by atoms with Crippen molar-refractivity contribution in [3.63, 3.8) is 0 Å². The summed E-state index contributed by atoms with van der Waals surface area (Å²) in [4.78, 5) is 68.2. The minimum Gasteiger partial charge on any atom is -0.790 e. The van der Waals surface area contributed by atoms with Gasteiger partial charge in [-0.2, -0.15) is 0 Å². The molecule has 0 amide bonds. The van der Waals surface area contributed by atoms with E-state index in [1.165, 1.54) is 0 Å². The number of aliphatic hydroxyl groups excluding tert-OH is 1. The number of rotatable bonds is 9. The fraction of sp³-hybridized carbons (Fsp3) is 0.600. The van der Waals surface area contributed by atoms with Gasteiger partial charge < -0.3 is 43.2 Å². The number of hydrogen-bond acceptors (Lipinski definition) is 15. The van der Waals surface area contributed by atoms with E-state index in [1.54, 1.807) is 0 Å². The Morgan fingerprint density at radius 1 is 1.06 bits per heavy atom. The first-order valence-corrected chi connectivity index (χ1v) is 11.9. The zero-order valence-corrected chi connectivity index (χ0v) is 21.3. The van der Waals surface area contributed by atoms with E-state index in [4.69, 9.17) is 9.47 Å². The molecule has 34 heavy (non-hydrogen) atoms. The first-order chi connectivity index (χ1) is 13.6. The Morgan fingerprint density at radius 3 is 2.09 bits per heavy atom. The number of nitrogens with one attached hydrogen (secondary N) is 1. The molecule has 1 aromatic heterocycles. The number of H-pyrrole nitrogens is 1. The number of hydrogen-bond donors (Lipinski definition) is 2. The van der Waals surface area contributed by atoms with Crippen molar-refractivity contribution >= 4 is 23.5 Å². The summed E-state index contributed by atoms with van der Waals surface area (Å²) in [5.41, 5.74) is -1.66. The van der Waals surface area contributed by atoms with Crippen LogP contribution in [0.3, 0.4) is 0 Å². The van der Waals surface area contributed by atoms with E-state index < -0.39 is 65.9 Å². The monoisotopic (exact) mass is 522 g/mol. The van der Waals surface area contributed by atoms with Gasteiger partial charge in [-0.3, -0.25) is 27.8 Å². The number of aromatic nitrogens is 2. The van der Waals surface area contributed by atoms with Crippen LogP contribution in [0.15, 0.2) is 21.9 Å². The summed E-state index contributed by atoms with van der Waals surface area (Å²) in [5.74, 6) is 0. The normalized spacial score (nSPS) is 25.4. The zero-order chi connectivity index (χ0) is 22.9. The molecule has 1 fully saturated rings. The van der Waals surface area contributed by atoms with E-state index in [2.05, 4.69) is 13.1 Å². The molecule has 2 heterocycles. The largest absolute Gasteiger partial charge is 1.00 e. The number of nitrogens with zero attached hydrogens (tertiary/aromatic N) is 1. The maximum absolute atomic E-state index is 11.9. The molecule has 0 radical (unpaired) electrons. The molecule has 24 heteroatoms. The van der Waals surface area contributed by atoms with E-state index in [-0.39, 0.29) is 75.4 Å². The fourth-order valence-corrected chi connectivity index (χ4v) is 5.28. The molecule has 0 spiro atoms. The molecule has 0 bridgehead atoms. The van der Waals surface area contributed by atoms with Crippen LogP contribution in [0.1, 0.15) is 6.23 Å². The Morgan fingerprint density at radius 2 is 1.62 bits per heavy atom. The number of phosphoric acid groups is 3. The van der Waals surface area contributed by atoms with Crippen molar-refractivity contribution in [1.29, 1.82) is 0 Å². The Labute approximate surface area is 239 Å². The van der Waals surface area contributed by atoms with Crippen molar-refractivity contribution in [3.05, 3.63) is 33.1 Å². The quantitative estimate of drug-likeness (QED) is 0.225. The van der Waals surface area contributed by atoms with Gasteiger partial charge in [0.05, 0.1) is 14.4 Å². The van der Waals surface area contributed by atoms with E-state index in [0.717, 1.165) is 23.9 Å². The molecule has 0 aliphatic carbocycles. The molecule has 1 aliphatic rings. The molecule has 2 rings (SSSR count). The Bertz CT molecular complexity index is 1030. The van der Waals surface area contributed by atoms with Gasteiger partial charge >= 0.3 is 81.1 Å². The molecule has 3 unspecified atom stereocenters. The van der Waals surface area contributed by atoms with Crippen LogP contribution in [-0.2, 0) is 36.3 Å². The molecule has 0 aromatic carbocycles. The Balaban J connectivity index is -0.00000240. The van der Waals surface area contributed by atoms with Crippen molar-refractivity contribution < 1.29 is 136 Å². The van der Waals surface area contributed by atoms with Crippen LogP contribution >= 0.6 is 23.5 Å². The molecule has 1 saturated heterocycles. The van der Waals surface area contributed by atoms with Crippen LogP contribution < -0.4 is 106 Å². The third-order valence-electron chi connectivity index (χ3n) is 3.51. The third kappa shape index (κ3) is 11.8. The molecule has 1 aliphatic heterocycles. The van der Waals surface area contributed by atoms with Crippen molar-refractivity contribution in [3.8, 4) is 0 Å². The first kappa shape index (κ1) is 39.9. The number of methoxy groups -OCH3 is 1. The van der Waals surface area contributed by atoms with Crippen LogP contribution in [-0.4, -0.2) is 46.7 Å². The minimum absolute atomic E-state index is 0. The Hall–Kier alpha value is 1.36. The van der Waals surface area contributed by atoms with Crippen LogP contribution in [0.2, 0.25) is 0 Å². The van der Waals surface area contributed by atoms with E-state index in [1.807, 2.05) is 4.98 Å². The number of aromatic amines is 1. The predicted octanol–water partition coefficient (Wildman–Crippen LogP) is -16.4. The predicted molar refractivity (Wildman–Crippen MR) is 83.0 cm³/mol. The summed E-state index contributed by atoms with van der Waals surface area (Å²) in [6, 6.07) is 0.962. The van der Waals surface area contributed by atoms with Crippen LogP contribution in [0.4, 0.5) is 0 Å². The Kier molecular flexibility index (Phi) is 18.4. The van der Waals surface area contributed by atoms with Gasteiger partial charge in [0, 0.05) is 19.4 Å². The topological polar surface area (TPSA) is 265 Å². The van der Waals surface area contributed by atoms with Gasteiger partial charge in [-0.05, 0) is 0 Å². The van der Waals surface area contributed by atoms with Crippen LogP contribution in [0.25, 0.3) is 0 Å². The van der Waals surface area contributed by atoms with Gasteiger partial charge in [0.2, 0.25) is 0 Å². The maximum atomic E-state index is 11.9. The van der Waals surface area contributed by atoms with Gasteiger partial charge in [-0.15, -0.1) is 0 Å². The molecule has 1 aromatic rings. The summed E-state index contributed by atoms with van der Waals surface area (Å²) in [6.45, 7) is -1.08. The summed E-state index contributed by atoms with van der Waals surface area (Å²) < 4.78 is 54.7. The van der Waals surface area contributed by atoms with Gasteiger partial charge in [0.15, 0.2) is 6.23 Å². The summed E-state index contributed by atoms with van der Waals surface area (Å²) in [5, 5.41) is 10.2. The van der Waals surface area contributed by atoms with Crippen LogP contribution in [0.5, 0.6) is 0 Å². The van der Waals surface area contributed by atoms with Gasteiger partial charge in [-0.1, -0.05) is 0 Å². The molecular formula is C10H13Li4N2O15P3. The molecule has 0 saturated carbocycles. The smallest absolute Gasteiger partial charge is 0.790 e. The standard InChI is InChI=1S/C10H17N2O15P3.4Li/c1-23-8-7(14)5(25-9(8)12-3-2-6(13)11-10(12)15)4-24-29(19,20)27-30(21,22)26-28(16,17)18;;;;/h2-3,5,7-9,14H,4H2,1H3,(H,19,20)(H,21,22)(H,11,13,15)(H2,16,17,18);;;;/q;4*+1/p-4/t5-,7?,8+,9-;;;;/m1..../s1. The van der Waals surface area contributed by atoms with E-state index >= 15 is 0 Å². The first-order valence-electron chi connectivity index (χ1n) is 7.53. The van der Waals surface area contributed by atoms with Crippen molar-refractivity contribution in [2.24, 2.45) is 0 Å². The second-order valence-electron chi connectivity index (χ2n) is 5.57. The average Bonchev–Trinajstić information content (AvgIpc) is 2.85. The molecule has 17 nitrogen and oxygen atoms in total. The van der Waals surface area contributed by atoms with Gasteiger partial charge in [-0.25, -0.2) is 9.11 Å². The number of phosphoric ester groups is 1. The third-order valence-corrected chi connectivity index (χ3v) is 7.17. The van der Waals surface area contributed by atoms with Gasteiger partial charge in [0.1, 0.15) is 18.3 Å². The zero-order valence-electron chi connectivity index (χ0n) is 18.6. The summed E-state index contributed by atoms with van der Waals surface area (Å²) in [6.07, 6.45) is -4.73. The van der Waals surface area contributed by atoms with Crippen molar-refractivity contribution in [2.75, 3.05) is 13.7 Å². The summed E-state index contributed by atoms with van der Waals surface area (Å²) >= 11 is 0. The number of aliphatic hydroxyl groups is 1. The molecule has 2 N–H and O–H groups in total. The fourth-order valence-electron chi connectivity index (χ4n) is 2.41. The van der Waals surface area contributed by atoms with Crippen LogP contribution in [0, 0.1) is 0 Å². The number of ether oxygens (including phenoxy) is 2.